The molecule has 2 unspecified atom stereocenters. The summed E-state index contributed by atoms with van der Waals surface area (Å²) in [5.41, 5.74) is 7.13. The third-order valence-corrected chi connectivity index (χ3v) is 4.22. The van der Waals surface area contributed by atoms with Crippen molar-refractivity contribution in [3.63, 3.8) is 0 Å². The van der Waals surface area contributed by atoms with Gasteiger partial charge in [-0.25, -0.2) is 9.37 Å². The van der Waals surface area contributed by atoms with Crippen LogP contribution in [0.25, 0.3) is 11.0 Å². The van der Waals surface area contributed by atoms with Crippen LogP contribution >= 0.6 is 0 Å². The number of hydrogen-bond donors (Lipinski definition) is 1. The summed E-state index contributed by atoms with van der Waals surface area (Å²) in [5, 5.41) is 0. The maximum absolute atomic E-state index is 13.6. The van der Waals surface area contributed by atoms with Crippen molar-refractivity contribution in [2.75, 3.05) is 5.73 Å². The fraction of sp³-hybridized carbons (Fsp3) is 0.500. The standard InChI is InChI=1S/C14H18FN3/c1-9-4-2-5-10(9)8-18-12-7-3-6-11(15)13(12)17-14(18)16/h3,6-7,9-10H,2,4-5,8H2,1H3,(H2,16,17). The van der Waals surface area contributed by atoms with Crippen molar-refractivity contribution in [2.24, 2.45) is 11.8 Å². The normalized spacial score (nSPS) is 23.9. The first-order valence-corrected chi connectivity index (χ1v) is 6.57. The lowest BCUT2D eigenvalue weighted by atomic mass is 9.98. The molecule has 0 aliphatic heterocycles. The predicted molar refractivity (Wildman–Crippen MR) is 70.6 cm³/mol. The first-order chi connectivity index (χ1) is 8.66. The maximum atomic E-state index is 13.6. The molecule has 96 valence electrons. The van der Waals surface area contributed by atoms with Crippen LogP contribution in [0.3, 0.4) is 0 Å². The number of imidazole rings is 1. The van der Waals surface area contributed by atoms with E-state index < -0.39 is 0 Å². The molecular formula is C14H18FN3. The Kier molecular flexibility index (Phi) is 2.73. The van der Waals surface area contributed by atoms with E-state index in [1.54, 1.807) is 6.07 Å². The van der Waals surface area contributed by atoms with E-state index in [4.69, 9.17) is 5.73 Å². The van der Waals surface area contributed by atoms with Gasteiger partial charge in [-0.15, -0.1) is 0 Å². The minimum atomic E-state index is -0.294. The van der Waals surface area contributed by atoms with E-state index in [9.17, 15) is 4.39 Å². The minimum absolute atomic E-state index is 0.294. The second kappa shape index (κ2) is 4.26. The molecular weight excluding hydrogens is 229 g/mol. The molecule has 1 saturated carbocycles. The highest BCUT2D eigenvalue weighted by molar-refractivity contribution is 5.78. The van der Waals surface area contributed by atoms with Crippen LogP contribution in [-0.4, -0.2) is 9.55 Å². The SMILES string of the molecule is CC1CCCC1Cn1c(N)nc2c(F)cccc21. The minimum Gasteiger partial charge on any atom is -0.369 e. The quantitative estimate of drug-likeness (QED) is 0.885. The summed E-state index contributed by atoms with van der Waals surface area (Å²) in [5.74, 6) is 1.48. The molecule has 1 heterocycles. The summed E-state index contributed by atoms with van der Waals surface area (Å²) < 4.78 is 15.6. The Morgan fingerprint density at radius 1 is 1.44 bits per heavy atom. The smallest absolute Gasteiger partial charge is 0.201 e. The Morgan fingerprint density at radius 3 is 3.00 bits per heavy atom. The molecule has 0 saturated heterocycles. The van der Waals surface area contributed by atoms with Crippen molar-refractivity contribution in [3.05, 3.63) is 24.0 Å². The molecule has 1 aliphatic carbocycles. The number of rotatable bonds is 2. The van der Waals surface area contributed by atoms with Crippen LogP contribution in [0.4, 0.5) is 10.3 Å². The van der Waals surface area contributed by atoms with Crippen LogP contribution in [0.1, 0.15) is 26.2 Å². The van der Waals surface area contributed by atoms with Gasteiger partial charge < -0.3 is 10.3 Å². The summed E-state index contributed by atoms with van der Waals surface area (Å²) in [7, 11) is 0. The van der Waals surface area contributed by atoms with Crippen molar-refractivity contribution < 1.29 is 4.39 Å². The summed E-state index contributed by atoms with van der Waals surface area (Å²) in [6, 6.07) is 5.03. The largest absolute Gasteiger partial charge is 0.369 e. The average Bonchev–Trinajstić information content (AvgIpc) is 2.87. The number of nitrogen functional groups attached to an aromatic ring is 1. The second-order valence-electron chi connectivity index (χ2n) is 5.36. The van der Waals surface area contributed by atoms with Crippen LogP contribution < -0.4 is 5.73 Å². The lowest BCUT2D eigenvalue weighted by molar-refractivity contribution is 0.370. The maximum Gasteiger partial charge on any atom is 0.201 e. The number of hydrogen-bond acceptors (Lipinski definition) is 2. The number of anilines is 1. The summed E-state index contributed by atoms with van der Waals surface area (Å²) in [6.45, 7) is 3.14. The van der Waals surface area contributed by atoms with E-state index in [1.165, 1.54) is 25.3 Å². The average molecular weight is 247 g/mol. The van der Waals surface area contributed by atoms with Gasteiger partial charge in [-0.1, -0.05) is 25.8 Å². The number of aromatic nitrogens is 2. The second-order valence-corrected chi connectivity index (χ2v) is 5.36. The van der Waals surface area contributed by atoms with Gasteiger partial charge in [0.25, 0.3) is 0 Å². The highest BCUT2D eigenvalue weighted by atomic mass is 19.1. The van der Waals surface area contributed by atoms with Gasteiger partial charge in [0, 0.05) is 6.54 Å². The fourth-order valence-electron chi connectivity index (χ4n) is 3.05. The van der Waals surface area contributed by atoms with Gasteiger partial charge in [-0.2, -0.15) is 0 Å². The molecule has 0 amide bonds. The summed E-state index contributed by atoms with van der Waals surface area (Å²) in [4.78, 5) is 4.15. The van der Waals surface area contributed by atoms with Crippen molar-refractivity contribution >= 4 is 17.0 Å². The third kappa shape index (κ3) is 1.76. The van der Waals surface area contributed by atoms with Gasteiger partial charge >= 0.3 is 0 Å². The van der Waals surface area contributed by atoms with Gasteiger partial charge in [0.1, 0.15) is 5.52 Å². The molecule has 0 spiro atoms. The van der Waals surface area contributed by atoms with Crippen molar-refractivity contribution in [2.45, 2.75) is 32.7 Å². The highest BCUT2D eigenvalue weighted by Gasteiger charge is 2.25. The molecule has 4 heteroatoms. The summed E-state index contributed by atoms with van der Waals surface area (Å²) >= 11 is 0. The van der Waals surface area contributed by atoms with Crippen molar-refractivity contribution in [1.82, 2.24) is 9.55 Å². The Morgan fingerprint density at radius 2 is 2.28 bits per heavy atom. The highest BCUT2D eigenvalue weighted by Crippen LogP contribution is 2.34. The molecule has 1 aliphatic rings. The first kappa shape index (κ1) is 11.5. The van der Waals surface area contributed by atoms with E-state index in [1.807, 2.05) is 10.6 Å². The van der Waals surface area contributed by atoms with E-state index in [0.717, 1.165) is 18.0 Å². The van der Waals surface area contributed by atoms with E-state index in [2.05, 4.69) is 11.9 Å². The summed E-state index contributed by atoms with van der Waals surface area (Å²) in [6.07, 6.45) is 3.80. The molecule has 2 aromatic rings. The molecule has 1 aromatic heterocycles. The van der Waals surface area contributed by atoms with Crippen LogP contribution in [0, 0.1) is 17.7 Å². The molecule has 2 atom stereocenters. The Bertz CT molecular complexity index is 576. The molecule has 0 radical (unpaired) electrons. The van der Waals surface area contributed by atoms with Crippen LogP contribution in [0.15, 0.2) is 18.2 Å². The lowest BCUT2D eigenvalue weighted by Crippen LogP contribution is -2.14. The number of nitrogens with two attached hydrogens (primary N) is 1. The van der Waals surface area contributed by atoms with Gasteiger partial charge in [-0.05, 0) is 30.4 Å². The number of halogens is 1. The van der Waals surface area contributed by atoms with Crippen LogP contribution in [-0.2, 0) is 6.54 Å². The van der Waals surface area contributed by atoms with Crippen molar-refractivity contribution in [3.8, 4) is 0 Å². The Hall–Kier alpha value is -1.58. The molecule has 1 fully saturated rings. The third-order valence-electron chi connectivity index (χ3n) is 4.22. The monoisotopic (exact) mass is 247 g/mol. The predicted octanol–water partition coefficient (Wildman–Crippen LogP) is 3.19. The van der Waals surface area contributed by atoms with Crippen molar-refractivity contribution in [1.29, 1.82) is 0 Å². The molecule has 0 bridgehead atoms. The first-order valence-electron chi connectivity index (χ1n) is 6.57. The number of para-hydroxylation sites is 1. The van der Waals surface area contributed by atoms with Gasteiger partial charge in [0.15, 0.2) is 5.82 Å². The van der Waals surface area contributed by atoms with E-state index in [-0.39, 0.29) is 5.82 Å². The van der Waals surface area contributed by atoms with E-state index >= 15 is 0 Å². The Labute approximate surface area is 106 Å². The Balaban J connectivity index is 2.01. The molecule has 18 heavy (non-hydrogen) atoms. The van der Waals surface area contributed by atoms with Crippen LogP contribution in [0.5, 0.6) is 0 Å². The van der Waals surface area contributed by atoms with Gasteiger partial charge in [0.05, 0.1) is 5.52 Å². The van der Waals surface area contributed by atoms with Crippen LogP contribution in [0.2, 0.25) is 0 Å². The topological polar surface area (TPSA) is 43.8 Å². The zero-order chi connectivity index (χ0) is 12.7. The molecule has 2 N–H and O–H groups in total. The number of nitrogens with zero attached hydrogens (tertiary/aromatic N) is 2. The molecule has 3 rings (SSSR count). The number of fused-ring (bicyclic) bond motifs is 1. The lowest BCUT2D eigenvalue weighted by Gasteiger charge is -2.17. The zero-order valence-electron chi connectivity index (χ0n) is 10.6. The van der Waals surface area contributed by atoms with Gasteiger partial charge in [-0.3, -0.25) is 0 Å². The molecule has 3 nitrogen and oxygen atoms in total. The van der Waals surface area contributed by atoms with Gasteiger partial charge in [0.2, 0.25) is 5.95 Å². The fourth-order valence-corrected chi connectivity index (χ4v) is 3.05. The zero-order valence-corrected chi connectivity index (χ0v) is 10.6. The van der Waals surface area contributed by atoms with E-state index in [0.29, 0.717) is 17.4 Å². The number of benzene rings is 1. The molecule has 1 aromatic carbocycles.